The van der Waals surface area contributed by atoms with E-state index in [-0.39, 0.29) is 70.8 Å². The first-order valence-corrected chi connectivity index (χ1v) is 3.91. The van der Waals surface area contributed by atoms with Crippen molar-refractivity contribution in [3.8, 4) is 0 Å². The molecule has 0 heterocycles. The fourth-order valence-electron chi connectivity index (χ4n) is 0.397. The Balaban J connectivity index is -0.000000242. The standard InChI is InChI=1S/C5H9NO4.C2H5NO2.K/c6-3(5(9)10)1-2-4(7)8;3-1-2(4)5;/h3H,1-2,6H2,(H,7,8)(H,9,10);1,3H2,(H,4,5);/q;;+1/p-1. The summed E-state index contributed by atoms with van der Waals surface area (Å²) in [4.78, 5) is 29.0. The molecule has 8 nitrogen and oxygen atoms in total. The molecule has 0 aliphatic rings. The van der Waals surface area contributed by atoms with Gasteiger partial charge in [-0.1, -0.05) is 0 Å². The number of carbonyl (C=O) groups excluding carboxylic acids is 1. The normalized spacial score (nSPS) is 10.1. The molecule has 0 spiro atoms. The minimum Gasteiger partial charge on any atom is -0.548 e. The van der Waals surface area contributed by atoms with E-state index in [1.165, 1.54) is 0 Å². The van der Waals surface area contributed by atoms with Crippen LogP contribution in [0, 0.1) is 0 Å². The Morgan fingerprint density at radius 1 is 1.19 bits per heavy atom. The van der Waals surface area contributed by atoms with Crippen molar-refractivity contribution < 1.29 is 81.1 Å². The topological polar surface area (TPSA) is 167 Å². The van der Waals surface area contributed by atoms with E-state index in [0.717, 1.165) is 0 Å². The molecule has 0 bridgehead atoms. The molecule has 0 aromatic carbocycles. The third-order valence-electron chi connectivity index (χ3n) is 1.15. The first kappa shape index (κ1) is 21.3. The van der Waals surface area contributed by atoms with Crippen LogP contribution in [0.15, 0.2) is 0 Å². The summed E-state index contributed by atoms with van der Waals surface area (Å²) in [5.41, 5.74) is 9.51. The summed E-state index contributed by atoms with van der Waals surface area (Å²) in [6.45, 7) is -0.278. The van der Waals surface area contributed by atoms with Crippen LogP contribution in [0.4, 0.5) is 0 Å². The van der Waals surface area contributed by atoms with Crippen molar-refractivity contribution in [2.75, 3.05) is 6.54 Å². The van der Waals surface area contributed by atoms with Crippen LogP contribution in [-0.4, -0.2) is 40.7 Å². The number of carboxylic acids is 3. The van der Waals surface area contributed by atoms with Crippen molar-refractivity contribution in [3.63, 3.8) is 0 Å². The minimum absolute atomic E-state index is 0. The van der Waals surface area contributed by atoms with Crippen LogP contribution >= 0.6 is 0 Å². The van der Waals surface area contributed by atoms with Crippen molar-refractivity contribution in [3.05, 3.63) is 0 Å². The number of nitrogens with two attached hydrogens (primary N) is 2. The maximum atomic E-state index is 9.88. The molecule has 0 saturated carbocycles. The average molecular weight is 260 g/mol. The van der Waals surface area contributed by atoms with Gasteiger partial charge in [0.2, 0.25) is 0 Å². The van der Waals surface area contributed by atoms with Gasteiger partial charge in [-0.05, 0) is 6.42 Å². The Labute approximate surface area is 134 Å². The van der Waals surface area contributed by atoms with Crippen LogP contribution in [0.1, 0.15) is 12.8 Å². The predicted octanol–water partition coefficient (Wildman–Crippen LogP) is -6.04. The molecule has 0 radical (unpaired) electrons. The van der Waals surface area contributed by atoms with Crippen LogP contribution in [0.25, 0.3) is 0 Å². The number of carbonyl (C=O) groups is 3. The molecule has 16 heavy (non-hydrogen) atoms. The number of carboxylic acid groups (broad SMARTS) is 3. The molecule has 1 unspecified atom stereocenters. The van der Waals surface area contributed by atoms with Gasteiger partial charge in [0.15, 0.2) is 0 Å². The van der Waals surface area contributed by atoms with E-state index in [1.54, 1.807) is 0 Å². The maximum Gasteiger partial charge on any atom is 1.00 e. The molecular weight excluding hydrogens is 247 g/mol. The number of rotatable bonds is 5. The third kappa shape index (κ3) is 19.5. The fraction of sp³-hybridized carbons (Fsp3) is 0.571. The van der Waals surface area contributed by atoms with E-state index in [0.29, 0.717) is 0 Å². The molecule has 0 saturated heterocycles. The van der Waals surface area contributed by atoms with Crippen molar-refractivity contribution in [1.29, 1.82) is 0 Å². The minimum atomic E-state index is -1.42. The van der Waals surface area contributed by atoms with Gasteiger partial charge in [0.1, 0.15) is 0 Å². The van der Waals surface area contributed by atoms with Crippen LogP contribution in [0.5, 0.6) is 0 Å². The van der Waals surface area contributed by atoms with Crippen LogP contribution < -0.4 is 68.0 Å². The van der Waals surface area contributed by atoms with Gasteiger partial charge in [-0.2, -0.15) is 0 Å². The van der Waals surface area contributed by atoms with Crippen molar-refractivity contribution in [2.45, 2.75) is 18.9 Å². The molecule has 0 fully saturated rings. The first-order chi connectivity index (χ1) is 6.81. The molecule has 0 aromatic rings. The van der Waals surface area contributed by atoms with E-state index in [4.69, 9.17) is 15.9 Å². The van der Waals surface area contributed by atoms with Crippen molar-refractivity contribution >= 4 is 17.9 Å². The largest absolute Gasteiger partial charge is 1.00 e. The summed E-state index contributed by atoms with van der Waals surface area (Å²) in [5.74, 6) is -3.44. The second-order valence-electron chi connectivity index (χ2n) is 2.46. The number of aliphatic carboxylic acids is 3. The van der Waals surface area contributed by atoms with Crippen molar-refractivity contribution in [2.24, 2.45) is 11.5 Å². The van der Waals surface area contributed by atoms with Crippen LogP contribution in [-0.2, 0) is 14.4 Å². The zero-order valence-electron chi connectivity index (χ0n) is 8.88. The van der Waals surface area contributed by atoms with Gasteiger partial charge in [-0.3, -0.25) is 9.59 Å². The molecular formula is C7H13KN2O6. The van der Waals surface area contributed by atoms with Crippen molar-refractivity contribution in [1.82, 2.24) is 0 Å². The monoisotopic (exact) mass is 260 g/mol. The summed E-state index contributed by atoms with van der Waals surface area (Å²) in [6.07, 6.45) is -0.327. The smallest absolute Gasteiger partial charge is 0.548 e. The van der Waals surface area contributed by atoms with Gasteiger partial charge in [-0.25, -0.2) is 0 Å². The summed E-state index contributed by atoms with van der Waals surface area (Å²) < 4.78 is 0. The Hall–Kier alpha value is -0.0336. The van der Waals surface area contributed by atoms with Gasteiger partial charge < -0.3 is 31.6 Å². The van der Waals surface area contributed by atoms with E-state index in [1.807, 2.05) is 0 Å². The molecule has 6 N–H and O–H groups in total. The van der Waals surface area contributed by atoms with Gasteiger partial charge >= 0.3 is 63.3 Å². The molecule has 1 atom stereocenters. The quantitative estimate of drug-likeness (QED) is 0.354. The molecule has 0 aromatic heterocycles. The van der Waals surface area contributed by atoms with Crippen LogP contribution in [0.3, 0.4) is 0 Å². The molecule has 0 aliphatic heterocycles. The van der Waals surface area contributed by atoms with E-state index >= 15 is 0 Å². The molecule has 88 valence electrons. The molecule has 0 amide bonds. The second kappa shape index (κ2) is 13.0. The number of hydrogen-bond acceptors (Lipinski definition) is 6. The van der Waals surface area contributed by atoms with E-state index in [2.05, 4.69) is 5.73 Å². The summed E-state index contributed by atoms with van der Waals surface area (Å²) >= 11 is 0. The van der Waals surface area contributed by atoms with Gasteiger partial charge in [-0.15, -0.1) is 0 Å². The zero-order valence-corrected chi connectivity index (χ0v) is 12.0. The Kier molecular flexibility index (Phi) is 17.3. The summed E-state index contributed by atoms with van der Waals surface area (Å²) in [7, 11) is 0. The summed E-state index contributed by atoms with van der Waals surface area (Å²) in [6, 6.07) is -1.17. The van der Waals surface area contributed by atoms with Gasteiger partial charge in [0.25, 0.3) is 0 Å². The van der Waals surface area contributed by atoms with Crippen LogP contribution in [0.2, 0.25) is 0 Å². The Bertz CT molecular complexity index is 235. The number of hydrogen-bond donors (Lipinski definition) is 4. The third-order valence-corrected chi connectivity index (χ3v) is 1.15. The van der Waals surface area contributed by atoms with E-state index < -0.39 is 23.9 Å². The molecule has 0 aliphatic carbocycles. The first-order valence-electron chi connectivity index (χ1n) is 3.91. The zero-order chi connectivity index (χ0) is 12.4. The SMILES string of the molecule is NC(CCC(=O)O)C(=O)[O-].NCC(=O)O.[K+]. The van der Waals surface area contributed by atoms with Gasteiger partial charge in [0, 0.05) is 12.5 Å². The van der Waals surface area contributed by atoms with E-state index in [9.17, 15) is 19.5 Å². The summed E-state index contributed by atoms with van der Waals surface area (Å²) in [5, 5.41) is 25.6. The maximum absolute atomic E-state index is 9.88. The van der Waals surface area contributed by atoms with Gasteiger partial charge in [0.05, 0.1) is 12.5 Å². The fourth-order valence-corrected chi connectivity index (χ4v) is 0.397. The Morgan fingerprint density at radius 2 is 1.56 bits per heavy atom. The average Bonchev–Trinajstić information content (AvgIpc) is 2.14. The Morgan fingerprint density at radius 3 is 1.75 bits per heavy atom. The molecule has 9 heteroatoms. The second-order valence-corrected chi connectivity index (χ2v) is 2.46. The predicted molar refractivity (Wildman–Crippen MR) is 46.5 cm³/mol. The molecule has 0 rings (SSSR count).